The highest BCUT2D eigenvalue weighted by Crippen LogP contribution is 2.56. The van der Waals surface area contributed by atoms with Crippen LogP contribution in [0, 0.1) is 6.92 Å². The van der Waals surface area contributed by atoms with Crippen LogP contribution in [0.2, 0.25) is 0 Å². The summed E-state index contributed by atoms with van der Waals surface area (Å²) in [6.07, 6.45) is -13.6. The van der Waals surface area contributed by atoms with Crippen molar-refractivity contribution in [1.29, 1.82) is 0 Å². The first-order chi connectivity index (χ1) is 49.6. The molecular formula is C50H64N19O30P5S. The van der Waals surface area contributed by atoms with Crippen LogP contribution in [0.4, 0.5) is 17.6 Å². The van der Waals surface area contributed by atoms with Crippen LogP contribution in [0.15, 0.2) is 74.3 Å². The topological polar surface area (TPSA) is 675 Å². The number of fused-ring (bicyclic) bond motifs is 3. The number of ether oxygens (including phenoxy) is 5. The number of hydrogen-bond acceptors (Lipinski definition) is 37. The van der Waals surface area contributed by atoms with Crippen molar-refractivity contribution in [3.05, 3.63) is 97.3 Å². The summed E-state index contributed by atoms with van der Waals surface area (Å²) in [5, 5.41) is 11.3. The van der Waals surface area contributed by atoms with E-state index in [2.05, 4.69) is 59.3 Å². The number of nitrogen functional groups attached to an aromatic ring is 3. The molecule has 0 aromatic carbocycles. The van der Waals surface area contributed by atoms with E-state index in [9.17, 15) is 76.5 Å². The molecule has 5 aliphatic rings. The van der Waals surface area contributed by atoms with Gasteiger partial charge in [-0.1, -0.05) is 0 Å². The van der Waals surface area contributed by atoms with Crippen LogP contribution in [0.1, 0.15) is 68.8 Å². The molecule has 55 heteroatoms. The molecule has 570 valence electrons. The Hall–Kier alpha value is -6.93. The zero-order valence-electron chi connectivity index (χ0n) is 54.0. The molecule has 15 N–H and O–H groups in total. The number of aliphatic hydroxyl groups excluding tert-OH is 1. The van der Waals surface area contributed by atoms with E-state index in [-0.39, 0.29) is 70.4 Å². The SMILES string of the molecule is CSc1ncnc2c1ncn2[C@H]1C[C@H](OP(=O)(O)OC[C@H]2O[C@@H](n3cnc4c(N)ncnc43)C[C@@H]2OP(=O)(O)OC[C@H]2O[C@@H](n3cc(C)c(=O)[nH]c3=O)C[C@@H]2O)[C@@H](COP(=O)(O)O[C@H]2C[C@H](n3cnc4c(=O)[nH]c(N)nc43)O[C@@H]2COP(=O)(O)O[C@H]2C[C@H](n3ccc(N)nc3=O)O[C@@H]2COP(=O)(O)O)O1. The lowest BCUT2D eigenvalue weighted by molar-refractivity contribution is -0.0634. The Bertz CT molecular complexity index is 5080. The van der Waals surface area contributed by atoms with Crippen molar-refractivity contribution in [3.8, 4) is 0 Å². The van der Waals surface area contributed by atoms with Gasteiger partial charge in [-0.25, -0.2) is 67.3 Å². The Kier molecular flexibility index (Phi) is 22.0. The molecule has 0 spiro atoms. The maximum absolute atomic E-state index is 14.4. The summed E-state index contributed by atoms with van der Waals surface area (Å²) < 4.78 is 153. The molecule has 8 aromatic rings. The van der Waals surface area contributed by atoms with Gasteiger partial charge in [-0.2, -0.15) is 9.97 Å². The first-order valence-corrected chi connectivity index (χ1v) is 39.7. The predicted octanol–water partition coefficient (Wildman–Crippen LogP) is -0.700. The Morgan fingerprint density at radius 1 is 0.514 bits per heavy atom. The Morgan fingerprint density at radius 3 is 1.44 bits per heavy atom. The number of nitrogens with zero attached hydrogens (tertiary/aromatic N) is 14. The van der Waals surface area contributed by atoms with Crippen LogP contribution in [0.5, 0.6) is 0 Å². The smallest absolute Gasteiger partial charge is 0.390 e. The average molecular weight is 1600 g/mol. The van der Waals surface area contributed by atoms with E-state index < -0.39 is 200 Å². The normalized spacial score (nSPS) is 28.9. The molecule has 5 saturated heterocycles. The van der Waals surface area contributed by atoms with E-state index in [1.165, 1.54) is 69.8 Å². The molecule has 0 amide bonds. The minimum atomic E-state index is -5.54. The molecule has 19 atom stereocenters. The van der Waals surface area contributed by atoms with Gasteiger partial charge in [0, 0.05) is 50.1 Å². The lowest BCUT2D eigenvalue weighted by Crippen LogP contribution is -2.33. The number of thioether (sulfide) groups is 1. The number of nitrogens with one attached hydrogen (secondary N) is 2. The molecule has 13 heterocycles. The van der Waals surface area contributed by atoms with Gasteiger partial charge in [-0.3, -0.25) is 83.1 Å². The highest BCUT2D eigenvalue weighted by molar-refractivity contribution is 7.98. The van der Waals surface area contributed by atoms with Crippen molar-refractivity contribution in [2.45, 2.75) is 136 Å². The molecule has 49 nitrogen and oxygen atoms in total. The molecular weight excluding hydrogens is 1530 g/mol. The second-order valence-corrected chi connectivity index (χ2v) is 31.6. The molecule has 8 aromatic heterocycles. The average Bonchev–Trinajstić information content (AvgIpc) is 1.42. The summed E-state index contributed by atoms with van der Waals surface area (Å²) in [7, 11) is -26.9. The molecule has 0 aliphatic carbocycles. The number of hydrogen-bond donors (Lipinski definition) is 12. The van der Waals surface area contributed by atoms with Crippen molar-refractivity contribution in [2.75, 3.05) is 56.5 Å². The van der Waals surface area contributed by atoms with Crippen molar-refractivity contribution in [1.82, 2.24) is 77.7 Å². The van der Waals surface area contributed by atoms with Gasteiger partial charge in [0.2, 0.25) is 5.95 Å². The fraction of sp³-hybridized carbons (Fsp3) is 0.540. The third-order valence-electron chi connectivity index (χ3n) is 16.9. The second-order valence-electron chi connectivity index (χ2n) is 23.9. The highest BCUT2D eigenvalue weighted by atomic mass is 32.2. The van der Waals surface area contributed by atoms with Crippen molar-refractivity contribution < 1.29 is 122 Å². The standard InChI is InChI=1S/C50H64N19O30P5S/c1-21-10-66(50(74)64-45(21)71)33-5-22(70)27(91-33)11-87-101(78,79)97-24-7-35(67-18-58-38-41(52)54-16-55-42(38)67)93-29(24)13-88-103(82,83)98-25-8-36(68-20-60-40-43(68)56-17-57-47(40)105-2)94-30(25)14-89-104(84,85)99-26-9-37(69-19-59-39-44(69)62-48(53)63-46(39)72)95-31(26)15-90-102(80,81)96-23-6-34(65-4-3-32(51)61-49(65)73)92-28(23)12-86-100(75,76)77/h3-4,10,16-20,22-31,33-37,70H,5-9,11-15H2,1-2H3,(H,78,79)(H,80,81)(H,82,83)(H,84,85)(H2,51,61,73)(H2,52,54,55)(H,64,71,74)(H2,75,76,77)(H3,53,62,63,72)/t22-,23-,24-,25-,26-,27+,28+,29+,30+,31+,33+,34+,35+,36+,37+/m0/s1. The van der Waals surface area contributed by atoms with Gasteiger partial charge in [0.15, 0.2) is 28.3 Å². The summed E-state index contributed by atoms with van der Waals surface area (Å²) >= 11 is 1.23. The number of anilines is 3. The van der Waals surface area contributed by atoms with E-state index in [4.69, 9.17) is 77.1 Å². The highest BCUT2D eigenvalue weighted by Gasteiger charge is 2.50. The maximum Gasteiger partial charge on any atom is 0.472 e. The zero-order chi connectivity index (χ0) is 74.8. The number of aryl methyl sites for hydroxylation is 1. The molecule has 0 radical (unpaired) electrons. The number of aromatic nitrogens is 16. The van der Waals surface area contributed by atoms with E-state index in [1.807, 2.05) is 0 Å². The molecule has 5 fully saturated rings. The number of phosphoric ester groups is 5. The van der Waals surface area contributed by atoms with E-state index in [1.54, 1.807) is 6.26 Å². The molecule has 105 heavy (non-hydrogen) atoms. The van der Waals surface area contributed by atoms with Gasteiger partial charge < -0.3 is 75.4 Å². The first kappa shape index (κ1) is 76.3. The number of nitrogens with two attached hydrogens (primary N) is 3. The number of rotatable bonds is 29. The second kappa shape index (κ2) is 30.3. The third-order valence-corrected chi connectivity index (χ3v) is 22.1. The monoisotopic (exact) mass is 1600 g/mol. The van der Waals surface area contributed by atoms with E-state index in [0.29, 0.717) is 10.5 Å². The van der Waals surface area contributed by atoms with Crippen LogP contribution in [-0.2, 0) is 87.2 Å². The minimum Gasteiger partial charge on any atom is -0.390 e. The number of aromatic amines is 2. The van der Waals surface area contributed by atoms with Gasteiger partial charge in [0.1, 0.15) is 121 Å². The van der Waals surface area contributed by atoms with Crippen LogP contribution in [-0.4, -0.2) is 212 Å². The molecule has 13 rings (SSSR count). The van der Waals surface area contributed by atoms with Crippen LogP contribution < -0.4 is 39.7 Å². The maximum atomic E-state index is 14.4. The van der Waals surface area contributed by atoms with Gasteiger partial charge in [0.25, 0.3) is 11.1 Å². The van der Waals surface area contributed by atoms with Crippen LogP contribution >= 0.6 is 50.9 Å². The first-order valence-electron chi connectivity index (χ1n) is 31.0. The Morgan fingerprint density at radius 2 is 0.943 bits per heavy atom. The quantitative estimate of drug-likeness (QED) is 0.0157. The molecule has 4 unspecified atom stereocenters. The molecule has 0 saturated carbocycles. The van der Waals surface area contributed by atoms with Crippen LogP contribution in [0.25, 0.3) is 33.5 Å². The predicted molar refractivity (Wildman–Crippen MR) is 348 cm³/mol. The largest absolute Gasteiger partial charge is 0.472 e. The van der Waals surface area contributed by atoms with Crippen molar-refractivity contribution in [3.63, 3.8) is 0 Å². The van der Waals surface area contributed by atoms with Gasteiger partial charge in [0.05, 0.1) is 58.1 Å². The van der Waals surface area contributed by atoms with Gasteiger partial charge in [-0.05, 0) is 19.2 Å². The number of H-pyrrole nitrogens is 2. The summed E-state index contributed by atoms with van der Waals surface area (Å²) in [5.41, 5.74) is 14.8. The van der Waals surface area contributed by atoms with E-state index >= 15 is 0 Å². The third kappa shape index (κ3) is 17.3. The summed E-state index contributed by atoms with van der Waals surface area (Å²) in [5.74, 6) is -0.553. The Labute approximate surface area is 589 Å². The minimum absolute atomic E-state index is 0.0232. The summed E-state index contributed by atoms with van der Waals surface area (Å²) in [6.45, 7) is -3.33. The number of phosphoric acid groups is 5. The fourth-order valence-corrected chi connectivity index (χ4v) is 16.8. The zero-order valence-corrected chi connectivity index (χ0v) is 59.3. The van der Waals surface area contributed by atoms with Gasteiger partial charge in [-0.15, -0.1) is 11.8 Å². The van der Waals surface area contributed by atoms with Crippen molar-refractivity contribution >= 4 is 102 Å². The number of imidazole rings is 3. The lowest BCUT2D eigenvalue weighted by Gasteiger charge is -2.25. The lowest BCUT2D eigenvalue weighted by atomic mass is 10.2. The molecule has 0 bridgehead atoms. The van der Waals surface area contributed by atoms with Crippen molar-refractivity contribution in [2.24, 2.45) is 0 Å². The Balaban J connectivity index is 0.718. The number of aliphatic hydroxyl groups is 1. The van der Waals surface area contributed by atoms with E-state index in [0.717, 1.165) is 21.8 Å². The summed E-state index contributed by atoms with van der Waals surface area (Å²) in [6, 6.07) is 1.23. The molecule has 5 aliphatic heterocycles. The van der Waals surface area contributed by atoms with Gasteiger partial charge >= 0.3 is 50.5 Å². The summed E-state index contributed by atoms with van der Waals surface area (Å²) in [4.78, 5) is 156. The fourth-order valence-electron chi connectivity index (χ4n) is 12.1. The van der Waals surface area contributed by atoms with Crippen LogP contribution in [0.3, 0.4) is 0 Å².